The molecule has 5 rings (SSSR count). The third-order valence-corrected chi connectivity index (χ3v) is 6.33. The number of phenols is 1. The first-order chi connectivity index (χ1) is 14.6. The van der Waals surface area contributed by atoms with Crippen LogP contribution in [0, 0.1) is 16.7 Å². The molecule has 0 radical (unpaired) electrons. The smallest absolute Gasteiger partial charge is 0.254 e. The van der Waals surface area contributed by atoms with Crippen LogP contribution in [0.25, 0.3) is 5.65 Å². The van der Waals surface area contributed by atoms with Crippen LogP contribution in [0.4, 0.5) is 0 Å². The van der Waals surface area contributed by atoms with Gasteiger partial charge in [0.15, 0.2) is 0 Å². The molecule has 7 nitrogen and oxygen atoms in total. The number of nitrogens with one attached hydrogen (secondary N) is 1. The van der Waals surface area contributed by atoms with Crippen molar-refractivity contribution in [2.24, 2.45) is 0 Å². The molecule has 0 saturated carbocycles. The lowest BCUT2D eigenvalue weighted by molar-refractivity contribution is 0.0595. The van der Waals surface area contributed by atoms with Crippen LogP contribution in [-0.4, -0.2) is 43.1 Å². The van der Waals surface area contributed by atoms with Crippen molar-refractivity contribution in [1.29, 1.82) is 10.7 Å². The number of carbonyl (C=O) groups is 1. The van der Waals surface area contributed by atoms with Gasteiger partial charge in [-0.25, -0.2) is 4.98 Å². The van der Waals surface area contributed by atoms with Gasteiger partial charge in [-0.3, -0.25) is 14.6 Å². The molecule has 0 aliphatic carbocycles. The fourth-order valence-corrected chi connectivity index (χ4v) is 4.84. The third-order valence-electron chi connectivity index (χ3n) is 6.33. The van der Waals surface area contributed by atoms with E-state index in [0.29, 0.717) is 40.1 Å². The molecule has 2 atom stereocenters. The van der Waals surface area contributed by atoms with Crippen molar-refractivity contribution in [2.45, 2.75) is 44.2 Å². The summed E-state index contributed by atoms with van der Waals surface area (Å²) >= 11 is 0. The first kappa shape index (κ1) is 18.4. The molecule has 3 aromatic rings. The summed E-state index contributed by atoms with van der Waals surface area (Å²) in [6.07, 6.45) is 8.56. The number of piperidine rings is 1. The van der Waals surface area contributed by atoms with E-state index in [1.807, 2.05) is 4.90 Å². The number of imidazole rings is 1. The van der Waals surface area contributed by atoms with Crippen molar-refractivity contribution >= 4 is 17.3 Å². The van der Waals surface area contributed by atoms with Crippen LogP contribution >= 0.6 is 0 Å². The van der Waals surface area contributed by atoms with Gasteiger partial charge < -0.3 is 10.0 Å². The van der Waals surface area contributed by atoms with E-state index in [2.05, 4.69) is 11.1 Å². The molecule has 30 heavy (non-hydrogen) atoms. The van der Waals surface area contributed by atoms with Gasteiger partial charge in [-0.2, -0.15) is 5.26 Å². The van der Waals surface area contributed by atoms with E-state index in [-0.39, 0.29) is 17.4 Å². The minimum absolute atomic E-state index is 0.0379. The highest BCUT2D eigenvalue weighted by Crippen LogP contribution is 2.37. The molecule has 2 bridgehead atoms. The monoisotopic (exact) mass is 399 g/mol. The average molecular weight is 399 g/mol. The lowest BCUT2D eigenvalue weighted by Gasteiger charge is -2.35. The molecular formula is C23H21N5O2. The van der Waals surface area contributed by atoms with Gasteiger partial charge in [-0.1, -0.05) is 0 Å². The number of nitrogens with zero attached hydrogens (tertiary/aromatic N) is 4. The predicted octanol–water partition coefficient (Wildman–Crippen LogP) is 3.48. The van der Waals surface area contributed by atoms with Crippen molar-refractivity contribution in [1.82, 2.24) is 14.3 Å². The Labute approximate surface area is 173 Å². The number of pyridine rings is 1. The van der Waals surface area contributed by atoms with E-state index in [4.69, 9.17) is 10.7 Å². The highest BCUT2D eigenvalue weighted by atomic mass is 16.3. The maximum absolute atomic E-state index is 13.1. The summed E-state index contributed by atoms with van der Waals surface area (Å²) in [5, 5.41) is 28.4. The number of hydrogen-bond acceptors (Lipinski definition) is 5. The Morgan fingerprint density at radius 1 is 1.17 bits per heavy atom. The molecule has 150 valence electrons. The zero-order valence-corrected chi connectivity index (χ0v) is 16.4. The summed E-state index contributed by atoms with van der Waals surface area (Å²) in [7, 11) is 0. The van der Waals surface area contributed by atoms with Gasteiger partial charge in [-0.05, 0) is 62.4 Å². The highest BCUT2D eigenvalue weighted by molar-refractivity contribution is 6.12. The van der Waals surface area contributed by atoms with Gasteiger partial charge in [0.2, 0.25) is 0 Å². The number of rotatable bonds is 3. The quantitative estimate of drug-likeness (QED) is 0.658. The van der Waals surface area contributed by atoms with Crippen LogP contribution in [0.1, 0.15) is 59.3 Å². The zero-order chi connectivity index (χ0) is 20.8. The Hall–Kier alpha value is -3.66. The number of hydrogen-bond donors (Lipinski definition) is 2. The number of aromatic hydroxyl groups is 1. The van der Waals surface area contributed by atoms with Crippen LogP contribution in [0.2, 0.25) is 0 Å². The molecule has 0 spiro atoms. The van der Waals surface area contributed by atoms with Gasteiger partial charge in [0.25, 0.3) is 5.91 Å². The molecule has 1 amide bonds. The molecule has 2 aliphatic rings. The largest absolute Gasteiger partial charge is 0.507 e. The molecule has 4 heterocycles. The lowest BCUT2D eigenvalue weighted by Crippen LogP contribution is -2.44. The van der Waals surface area contributed by atoms with Gasteiger partial charge in [-0.15, -0.1) is 0 Å². The summed E-state index contributed by atoms with van der Waals surface area (Å²) in [5.74, 6) is -0.148. The van der Waals surface area contributed by atoms with Gasteiger partial charge in [0.05, 0.1) is 23.2 Å². The van der Waals surface area contributed by atoms with Crippen molar-refractivity contribution in [3.63, 3.8) is 0 Å². The van der Waals surface area contributed by atoms with Gasteiger partial charge >= 0.3 is 0 Å². The maximum Gasteiger partial charge on any atom is 0.254 e. The fourth-order valence-electron chi connectivity index (χ4n) is 4.84. The second-order valence-corrected chi connectivity index (χ2v) is 8.04. The minimum atomic E-state index is -0.110. The number of benzene rings is 1. The van der Waals surface area contributed by atoms with E-state index in [1.165, 1.54) is 12.5 Å². The normalized spacial score (nSPS) is 20.3. The van der Waals surface area contributed by atoms with Crippen molar-refractivity contribution in [2.75, 3.05) is 0 Å². The Morgan fingerprint density at radius 3 is 2.63 bits per heavy atom. The summed E-state index contributed by atoms with van der Waals surface area (Å²) in [4.78, 5) is 19.4. The number of nitriles is 1. The number of amides is 1. The average Bonchev–Trinajstić information content (AvgIpc) is 3.29. The van der Waals surface area contributed by atoms with Crippen molar-refractivity contribution in [3.8, 4) is 11.8 Å². The van der Waals surface area contributed by atoms with Crippen LogP contribution in [0.5, 0.6) is 5.75 Å². The van der Waals surface area contributed by atoms with E-state index < -0.39 is 0 Å². The summed E-state index contributed by atoms with van der Waals surface area (Å²) in [6.45, 7) is 0. The number of phenolic OH excluding ortho intramolecular Hbond substituents is 1. The number of carbonyl (C=O) groups excluding carboxylic acids is 1. The number of aromatic nitrogens is 2. The molecule has 2 unspecified atom stereocenters. The van der Waals surface area contributed by atoms with Gasteiger partial charge in [0, 0.05) is 29.4 Å². The van der Waals surface area contributed by atoms with Gasteiger partial charge in [0.1, 0.15) is 17.5 Å². The molecule has 7 heteroatoms. The SMILES string of the molecule is N#Cc1ccc2ncc(C(=N)c3ccc(C(=O)N4C5CCCC4CC5)cc3O)n2c1. The Kier molecular flexibility index (Phi) is 4.28. The van der Waals surface area contributed by atoms with Crippen LogP contribution in [-0.2, 0) is 0 Å². The maximum atomic E-state index is 13.1. The Balaban J connectivity index is 1.46. The molecule has 2 N–H and O–H groups in total. The van der Waals surface area contributed by atoms with Crippen molar-refractivity contribution in [3.05, 3.63) is 65.1 Å². The molecule has 2 aromatic heterocycles. The third kappa shape index (κ3) is 2.84. The highest BCUT2D eigenvalue weighted by Gasteiger charge is 2.39. The first-order valence-electron chi connectivity index (χ1n) is 10.2. The Bertz CT molecular complexity index is 1210. The zero-order valence-electron chi connectivity index (χ0n) is 16.4. The molecular weight excluding hydrogens is 378 g/mol. The second kappa shape index (κ2) is 6.99. The fraction of sp³-hybridized carbons (Fsp3) is 0.304. The molecule has 2 fully saturated rings. The van der Waals surface area contributed by atoms with E-state index >= 15 is 0 Å². The lowest BCUT2D eigenvalue weighted by atomic mass is 9.99. The standard InChI is InChI=1S/C23H21N5O2/c24-11-14-4-9-21-26-12-19(27(21)13-14)22(25)18-8-5-15(10-20(18)29)23(30)28-16-2-1-3-17(28)7-6-16/h4-5,8-10,12-13,16-17,25,29H,1-3,6-7H2. The van der Waals surface area contributed by atoms with E-state index in [9.17, 15) is 9.90 Å². The molecule has 2 saturated heterocycles. The van der Waals surface area contributed by atoms with E-state index in [0.717, 1.165) is 25.7 Å². The molecule has 1 aromatic carbocycles. The molecule has 2 aliphatic heterocycles. The minimum Gasteiger partial charge on any atom is -0.507 e. The van der Waals surface area contributed by atoms with Crippen LogP contribution < -0.4 is 0 Å². The van der Waals surface area contributed by atoms with Crippen LogP contribution in [0.15, 0.2) is 42.7 Å². The first-order valence-corrected chi connectivity index (χ1v) is 10.2. The number of fused-ring (bicyclic) bond motifs is 3. The summed E-state index contributed by atoms with van der Waals surface area (Å²) in [5.41, 5.74) is 2.37. The Morgan fingerprint density at radius 2 is 1.93 bits per heavy atom. The van der Waals surface area contributed by atoms with E-state index in [1.54, 1.807) is 41.1 Å². The topological polar surface area (TPSA) is 105 Å². The summed E-state index contributed by atoms with van der Waals surface area (Å²) < 4.78 is 1.66. The van der Waals surface area contributed by atoms with Crippen LogP contribution in [0.3, 0.4) is 0 Å². The van der Waals surface area contributed by atoms with Crippen molar-refractivity contribution < 1.29 is 9.90 Å². The summed E-state index contributed by atoms with van der Waals surface area (Å²) in [6, 6.07) is 10.8. The second-order valence-electron chi connectivity index (χ2n) is 8.04. The predicted molar refractivity (Wildman–Crippen MR) is 111 cm³/mol.